The Hall–Kier alpha value is -3.94. The quantitative estimate of drug-likeness (QED) is 0.451. The number of rotatable bonds is 7. The molecular weight excluding hydrogens is 472 g/mol. The molecule has 1 aliphatic heterocycles. The van der Waals surface area contributed by atoms with Crippen molar-refractivity contribution in [3.05, 3.63) is 68.8 Å². The van der Waals surface area contributed by atoms with Gasteiger partial charge in [0, 0.05) is 12.6 Å². The van der Waals surface area contributed by atoms with Crippen LogP contribution in [-0.4, -0.2) is 35.5 Å². The lowest BCUT2D eigenvalue weighted by Gasteiger charge is -2.06. The highest BCUT2D eigenvalue weighted by Crippen LogP contribution is 2.31. The largest absolute Gasteiger partial charge is 0.497 e. The van der Waals surface area contributed by atoms with Crippen LogP contribution in [0.4, 0.5) is 5.69 Å². The predicted octanol–water partition coefficient (Wildman–Crippen LogP) is 5.27. The van der Waals surface area contributed by atoms with Gasteiger partial charge >= 0.3 is 0 Å². The van der Waals surface area contributed by atoms with Crippen molar-refractivity contribution in [2.45, 2.75) is 13.0 Å². The zero-order chi connectivity index (χ0) is 24.1. The summed E-state index contributed by atoms with van der Waals surface area (Å²) in [6, 6.07) is 16.7. The minimum atomic E-state index is 0.0221. The molecular formula is C24H20N4O4S2. The van der Waals surface area contributed by atoms with E-state index in [-0.39, 0.29) is 23.4 Å². The first-order chi connectivity index (χ1) is 16.5. The Bertz CT molecular complexity index is 1380. The van der Waals surface area contributed by atoms with Crippen molar-refractivity contribution in [2.24, 2.45) is 9.98 Å². The van der Waals surface area contributed by atoms with Crippen molar-refractivity contribution in [2.75, 3.05) is 14.2 Å². The Morgan fingerprint density at radius 2 is 1.79 bits per heavy atom. The number of hydrogen-bond donors (Lipinski definition) is 1. The number of ether oxygens (including phenoxy) is 3. The van der Waals surface area contributed by atoms with E-state index in [2.05, 4.69) is 9.98 Å². The zero-order valence-electron chi connectivity index (χ0n) is 18.4. The average Bonchev–Trinajstić information content (AvgIpc) is 3.37. The molecule has 0 unspecified atom stereocenters. The fourth-order valence-electron chi connectivity index (χ4n) is 3.16. The lowest BCUT2D eigenvalue weighted by Crippen LogP contribution is -2.07. The number of hydrogen-bond acceptors (Lipinski definition) is 9. The standard InChI is InChI=1S/C24H20N4O4S2/c1-30-17-7-3-15(4-8-17)11-12-28-23(29)20(34-24(28)33)13-21-27-19(14-25)22(32-21)26-16-5-9-18(31-2)10-6-16/h3-10,13,29H,11-12H2,1-2H3. The number of thiazole rings is 1. The van der Waals surface area contributed by atoms with E-state index in [0.29, 0.717) is 33.2 Å². The molecule has 1 aromatic heterocycles. The third kappa shape index (κ3) is 5.17. The number of nitriles is 1. The SMILES string of the molecule is COc1ccc(CCn2c(O)c(C=C3N=C(C#N)C(=Nc4ccc(OC)cc4)O3)sc2=S)cc1. The Morgan fingerprint density at radius 1 is 1.15 bits per heavy atom. The van der Waals surface area contributed by atoms with Gasteiger partial charge in [0.1, 0.15) is 17.6 Å². The molecule has 0 atom stereocenters. The predicted molar refractivity (Wildman–Crippen MR) is 134 cm³/mol. The number of aromatic nitrogens is 1. The number of aliphatic imine (C=N–C) groups is 2. The van der Waals surface area contributed by atoms with Crippen molar-refractivity contribution < 1.29 is 19.3 Å². The van der Waals surface area contributed by atoms with Crippen LogP contribution in [0.1, 0.15) is 10.4 Å². The molecule has 34 heavy (non-hydrogen) atoms. The third-order valence-electron chi connectivity index (χ3n) is 4.97. The van der Waals surface area contributed by atoms with Gasteiger partial charge in [0.15, 0.2) is 3.95 Å². The van der Waals surface area contributed by atoms with Gasteiger partial charge in [-0.3, -0.25) is 4.57 Å². The molecule has 0 bridgehead atoms. The van der Waals surface area contributed by atoms with Crippen LogP contribution in [0.15, 0.2) is 64.4 Å². The molecule has 3 aromatic rings. The van der Waals surface area contributed by atoms with Gasteiger partial charge in [-0.25, -0.2) is 4.99 Å². The van der Waals surface area contributed by atoms with E-state index < -0.39 is 0 Å². The maximum absolute atomic E-state index is 10.7. The van der Waals surface area contributed by atoms with Crippen LogP contribution in [0.3, 0.4) is 0 Å². The summed E-state index contributed by atoms with van der Waals surface area (Å²) in [6.45, 7) is 0.508. The summed E-state index contributed by atoms with van der Waals surface area (Å²) >= 11 is 6.67. The van der Waals surface area contributed by atoms with Crippen molar-refractivity contribution in [1.29, 1.82) is 5.26 Å². The lowest BCUT2D eigenvalue weighted by atomic mass is 10.1. The van der Waals surface area contributed by atoms with Gasteiger partial charge < -0.3 is 19.3 Å². The van der Waals surface area contributed by atoms with Crippen LogP contribution < -0.4 is 9.47 Å². The maximum Gasteiger partial charge on any atom is 0.258 e. The summed E-state index contributed by atoms with van der Waals surface area (Å²) in [4.78, 5) is 9.02. The monoisotopic (exact) mass is 492 g/mol. The van der Waals surface area contributed by atoms with Crippen LogP contribution in [0, 0.1) is 15.3 Å². The first kappa shape index (κ1) is 23.2. The molecule has 0 radical (unpaired) electrons. The molecule has 2 heterocycles. The number of methoxy groups -OCH3 is 2. The van der Waals surface area contributed by atoms with Gasteiger partial charge in [-0.05, 0) is 60.6 Å². The van der Waals surface area contributed by atoms with Gasteiger partial charge in [-0.2, -0.15) is 10.3 Å². The van der Waals surface area contributed by atoms with E-state index in [0.717, 1.165) is 11.3 Å². The number of aromatic hydroxyl groups is 1. The molecule has 0 spiro atoms. The summed E-state index contributed by atoms with van der Waals surface area (Å²) < 4.78 is 18.2. The van der Waals surface area contributed by atoms with E-state index in [4.69, 9.17) is 26.4 Å². The van der Waals surface area contributed by atoms with Crippen LogP contribution >= 0.6 is 23.6 Å². The average molecular weight is 493 g/mol. The third-order valence-corrected chi connectivity index (χ3v) is 6.35. The minimum absolute atomic E-state index is 0.0221. The van der Waals surface area contributed by atoms with Gasteiger partial charge in [0.2, 0.25) is 17.5 Å². The Kier molecular flexibility index (Phi) is 7.06. The van der Waals surface area contributed by atoms with E-state index in [9.17, 15) is 10.4 Å². The van der Waals surface area contributed by atoms with E-state index in [1.165, 1.54) is 11.3 Å². The van der Waals surface area contributed by atoms with E-state index in [1.54, 1.807) is 49.1 Å². The van der Waals surface area contributed by atoms with Crippen molar-refractivity contribution >= 4 is 46.9 Å². The molecule has 8 nitrogen and oxygen atoms in total. The zero-order valence-corrected chi connectivity index (χ0v) is 20.0. The van der Waals surface area contributed by atoms with Gasteiger partial charge in [0.05, 0.1) is 24.8 Å². The molecule has 0 saturated heterocycles. The normalized spacial score (nSPS) is 15.1. The van der Waals surface area contributed by atoms with E-state index in [1.807, 2.05) is 30.3 Å². The Labute approximate surface area is 205 Å². The molecule has 1 N–H and O–H groups in total. The number of nitrogens with zero attached hydrogens (tertiary/aromatic N) is 4. The summed E-state index contributed by atoms with van der Waals surface area (Å²) in [6.07, 6.45) is 2.23. The second-order valence-electron chi connectivity index (χ2n) is 7.08. The maximum atomic E-state index is 10.7. The molecule has 0 saturated carbocycles. The molecule has 4 rings (SSSR count). The molecule has 2 aromatic carbocycles. The first-order valence-electron chi connectivity index (χ1n) is 10.2. The van der Waals surface area contributed by atoms with Crippen LogP contribution in [-0.2, 0) is 17.7 Å². The minimum Gasteiger partial charge on any atom is -0.497 e. The molecule has 0 fully saturated rings. The smallest absolute Gasteiger partial charge is 0.258 e. The fraction of sp³-hybridized carbons (Fsp3) is 0.167. The number of aryl methyl sites for hydroxylation is 1. The van der Waals surface area contributed by atoms with Gasteiger partial charge in [0.25, 0.3) is 5.90 Å². The summed E-state index contributed by atoms with van der Waals surface area (Å²) in [7, 11) is 3.20. The highest BCUT2D eigenvalue weighted by molar-refractivity contribution is 7.73. The van der Waals surface area contributed by atoms with Crippen LogP contribution in [0.5, 0.6) is 17.4 Å². The van der Waals surface area contributed by atoms with Gasteiger partial charge in [-0.15, -0.1) is 11.3 Å². The lowest BCUT2D eigenvalue weighted by molar-refractivity contribution is 0.411. The molecule has 10 heteroatoms. The second-order valence-corrected chi connectivity index (χ2v) is 8.75. The van der Waals surface area contributed by atoms with Gasteiger partial charge in [-0.1, -0.05) is 12.1 Å². The van der Waals surface area contributed by atoms with Crippen LogP contribution in [0.25, 0.3) is 6.08 Å². The molecule has 172 valence electrons. The molecule has 1 aliphatic rings. The topological polar surface area (TPSA) is 101 Å². The Balaban J connectivity index is 1.52. The fourth-order valence-corrected chi connectivity index (χ4v) is 4.45. The van der Waals surface area contributed by atoms with Crippen LogP contribution in [0.2, 0.25) is 0 Å². The number of benzene rings is 2. The summed E-state index contributed by atoms with van der Waals surface area (Å²) in [5, 5.41) is 20.2. The summed E-state index contributed by atoms with van der Waals surface area (Å²) in [5.74, 6) is 1.74. The molecule has 0 amide bonds. The van der Waals surface area contributed by atoms with E-state index >= 15 is 0 Å². The highest BCUT2D eigenvalue weighted by Gasteiger charge is 2.23. The van der Waals surface area contributed by atoms with Crippen molar-refractivity contribution in [1.82, 2.24) is 4.57 Å². The highest BCUT2D eigenvalue weighted by atomic mass is 32.1. The second kappa shape index (κ2) is 10.3. The summed E-state index contributed by atoms with van der Waals surface area (Å²) in [5.41, 5.74) is 1.72. The van der Waals surface area contributed by atoms with Crippen molar-refractivity contribution in [3.63, 3.8) is 0 Å². The first-order valence-corrected chi connectivity index (χ1v) is 11.4. The van der Waals surface area contributed by atoms with Crippen molar-refractivity contribution in [3.8, 4) is 23.4 Å². The Morgan fingerprint density at radius 3 is 2.41 bits per heavy atom. The molecule has 0 aliphatic carbocycles.